The van der Waals surface area contributed by atoms with Gasteiger partial charge in [0.05, 0.1) is 31.5 Å². The number of para-hydroxylation sites is 2. The van der Waals surface area contributed by atoms with Gasteiger partial charge in [-0.15, -0.1) is 0 Å². The monoisotopic (exact) mass is 505 g/mol. The van der Waals surface area contributed by atoms with Gasteiger partial charge in [-0.2, -0.15) is 0 Å². The highest BCUT2D eigenvalue weighted by atomic mass is 35.5. The maximum atomic E-state index is 13.4. The number of anilines is 2. The maximum absolute atomic E-state index is 13.4. The molecule has 0 aliphatic rings. The molecule has 0 atom stereocenters. The first-order valence-electron chi connectivity index (χ1n) is 9.55. The highest BCUT2D eigenvalue weighted by Crippen LogP contribution is 2.33. The Hall–Kier alpha value is -2.65. The predicted molar refractivity (Wildman–Crippen MR) is 131 cm³/mol. The molecule has 0 unspecified atom stereocenters. The molecule has 0 fully saturated rings. The second-order valence-corrected chi connectivity index (χ2v) is 10.4. The van der Waals surface area contributed by atoms with Crippen LogP contribution in [0.2, 0.25) is 10.0 Å². The van der Waals surface area contributed by atoms with Gasteiger partial charge in [0.1, 0.15) is 4.90 Å². The fraction of sp³-hybridized carbons (Fsp3) is 0.0909. The van der Waals surface area contributed by atoms with E-state index < -0.39 is 15.9 Å². The highest BCUT2D eigenvalue weighted by molar-refractivity contribution is 7.93. The van der Waals surface area contributed by atoms with Gasteiger partial charge in [-0.1, -0.05) is 64.9 Å². The third-order valence-electron chi connectivity index (χ3n) is 4.68. The Labute approximate surface area is 199 Å². The molecule has 6 nitrogen and oxygen atoms in total. The van der Waals surface area contributed by atoms with Gasteiger partial charge in [-0.25, -0.2) is 13.4 Å². The fourth-order valence-electron chi connectivity index (χ4n) is 3.20. The molecule has 0 radical (unpaired) electrons. The Kier molecular flexibility index (Phi) is 6.39. The van der Waals surface area contributed by atoms with E-state index in [-0.39, 0.29) is 27.0 Å². The van der Waals surface area contributed by atoms with E-state index in [9.17, 15) is 13.2 Å². The van der Waals surface area contributed by atoms with Crippen molar-refractivity contribution in [3.63, 3.8) is 0 Å². The molecule has 4 rings (SSSR count). The van der Waals surface area contributed by atoms with E-state index in [1.165, 1.54) is 27.8 Å². The molecule has 1 aromatic heterocycles. The smallest absolute Gasteiger partial charge is 0.265 e. The molecule has 1 heterocycles. The van der Waals surface area contributed by atoms with Crippen molar-refractivity contribution in [3.05, 3.63) is 82.3 Å². The number of amides is 1. The van der Waals surface area contributed by atoms with Crippen molar-refractivity contribution in [2.75, 3.05) is 16.2 Å². The van der Waals surface area contributed by atoms with Gasteiger partial charge in [0, 0.05) is 6.54 Å². The van der Waals surface area contributed by atoms with Crippen molar-refractivity contribution < 1.29 is 13.2 Å². The number of hydrogen-bond acceptors (Lipinski definition) is 5. The second kappa shape index (κ2) is 9.07. The van der Waals surface area contributed by atoms with Crippen LogP contribution in [0.1, 0.15) is 17.3 Å². The van der Waals surface area contributed by atoms with Crippen molar-refractivity contribution in [3.8, 4) is 0 Å². The lowest BCUT2D eigenvalue weighted by Crippen LogP contribution is -2.31. The van der Waals surface area contributed by atoms with Gasteiger partial charge in [0.15, 0.2) is 5.13 Å². The summed E-state index contributed by atoms with van der Waals surface area (Å²) >= 11 is 13.8. The summed E-state index contributed by atoms with van der Waals surface area (Å²) in [7, 11) is -4.05. The lowest BCUT2D eigenvalue weighted by molar-refractivity contribution is 0.102. The molecule has 0 aliphatic heterocycles. The van der Waals surface area contributed by atoms with Crippen LogP contribution in [0.25, 0.3) is 10.2 Å². The number of nitrogens with zero attached hydrogens (tertiary/aromatic N) is 2. The van der Waals surface area contributed by atoms with Crippen LogP contribution < -0.4 is 9.62 Å². The average Bonchev–Trinajstić information content (AvgIpc) is 3.16. The summed E-state index contributed by atoms with van der Waals surface area (Å²) in [4.78, 5) is 17.1. The van der Waals surface area contributed by atoms with E-state index in [2.05, 4.69) is 10.3 Å². The van der Waals surface area contributed by atoms with Gasteiger partial charge in [0.25, 0.3) is 15.9 Å². The molecule has 164 valence electrons. The fourth-order valence-corrected chi connectivity index (χ4v) is 6.37. The normalized spacial score (nSPS) is 11.5. The first-order chi connectivity index (χ1) is 15.3. The molecular weight excluding hydrogens is 489 g/mol. The molecule has 10 heteroatoms. The number of sulfonamides is 1. The van der Waals surface area contributed by atoms with Crippen molar-refractivity contribution >= 4 is 71.5 Å². The van der Waals surface area contributed by atoms with Crippen LogP contribution in [0.4, 0.5) is 10.8 Å². The molecule has 4 aromatic rings. The molecule has 1 amide bonds. The van der Waals surface area contributed by atoms with Crippen LogP contribution >= 0.6 is 34.5 Å². The summed E-state index contributed by atoms with van der Waals surface area (Å²) in [6.07, 6.45) is 0. The topological polar surface area (TPSA) is 79.4 Å². The number of nitrogens with one attached hydrogen (secondary N) is 1. The minimum Gasteiger partial charge on any atom is -0.298 e. The zero-order valence-corrected chi connectivity index (χ0v) is 19.9. The number of carbonyl (C=O) groups excluding carboxylic acids is 1. The van der Waals surface area contributed by atoms with Crippen LogP contribution in [0, 0.1) is 0 Å². The maximum Gasteiger partial charge on any atom is 0.265 e. The van der Waals surface area contributed by atoms with Gasteiger partial charge >= 0.3 is 0 Å². The summed E-state index contributed by atoms with van der Waals surface area (Å²) in [5, 5.41) is 3.04. The van der Waals surface area contributed by atoms with Gasteiger partial charge in [-0.05, 0) is 43.3 Å². The third kappa shape index (κ3) is 4.31. The zero-order chi connectivity index (χ0) is 22.9. The summed E-state index contributed by atoms with van der Waals surface area (Å²) in [5.41, 5.74) is 1.22. The zero-order valence-electron chi connectivity index (χ0n) is 16.7. The first kappa shape index (κ1) is 22.5. The number of carbonyl (C=O) groups is 1. The average molecular weight is 506 g/mol. The number of rotatable bonds is 6. The highest BCUT2D eigenvalue weighted by Gasteiger charge is 2.28. The minimum atomic E-state index is -4.05. The predicted octanol–water partition coefficient (Wildman–Crippen LogP) is 6.07. The van der Waals surface area contributed by atoms with Crippen molar-refractivity contribution in [2.45, 2.75) is 11.8 Å². The molecule has 3 aromatic carbocycles. The number of fused-ring (bicyclic) bond motifs is 1. The standard InChI is InChI=1S/C22H17Cl2N3O3S2/c1-2-27(14-8-4-3-5-9-14)32(29,30)20-12-15(16(23)13-17(20)24)21(28)26-22-25-18-10-6-7-11-19(18)31-22/h3-13H,2H2,1H3,(H,25,26,28). The van der Waals surface area contributed by atoms with E-state index >= 15 is 0 Å². The molecule has 1 N–H and O–H groups in total. The van der Waals surface area contributed by atoms with Gasteiger partial charge in [-0.3, -0.25) is 14.4 Å². The summed E-state index contributed by atoms with van der Waals surface area (Å²) < 4.78 is 28.9. The van der Waals surface area contributed by atoms with Gasteiger partial charge in [0.2, 0.25) is 0 Å². The largest absolute Gasteiger partial charge is 0.298 e. The van der Waals surface area contributed by atoms with Crippen LogP contribution in [0.15, 0.2) is 71.6 Å². The molecule has 0 bridgehead atoms. The Morgan fingerprint density at radius 1 is 1.03 bits per heavy atom. The van der Waals surface area contributed by atoms with E-state index in [0.29, 0.717) is 10.8 Å². The second-order valence-electron chi connectivity index (χ2n) is 6.71. The molecule has 0 spiro atoms. The lowest BCUT2D eigenvalue weighted by atomic mass is 10.2. The molecule has 0 aliphatic carbocycles. The minimum absolute atomic E-state index is 0.0157. The third-order valence-corrected chi connectivity index (χ3v) is 8.31. The quantitative estimate of drug-likeness (QED) is 0.344. The van der Waals surface area contributed by atoms with Gasteiger partial charge < -0.3 is 0 Å². The van der Waals surface area contributed by atoms with E-state index in [1.54, 1.807) is 37.3 Å². The Bertz CT molecular complexity index is 1370. The number of thiazole rings is 1. The van der Waals surface area contributed by atoms with E-state index in [1.807, 2.05) is 24.3 Å². The summed E-state index contributed by atoms with van der Waals surface area (Å²) in [6.45, 7) is 1.90. The van der Waals surface area contributed by atoms with Crippen LogP contribution in [0.3, 0.4) is 0 Å². The Morgan fingerprint density at radius 3 is 2.41 bits per heavy atom. The van der Waals surface area contributed by atoms with Crippen molar-refractivity contribution in [1.29, 1.82) is 0 Å². The lowest BCUT2D eigenvalue weighted by Gasteiger charge is -2.24. The Morgan fingerprint density at radius 2 is 1.72 bits per heavy atom. The summed E-state index contributed by atoms with van der Waals surface area (Å²) in [6, 6.07) is 18.6. The van der Waals surface area contributed by atoms with E-state index in [4.69, 9.17) is 23.2 Å². The number of hydrogen-bond donors (Lipinski definition) is 1. The van der Waals surface area contributed by atoms with Crippen LogP contribution in [-0.4, -0.2) is 25.9 Å². The molecular formula is C22H17Cl2N3O3S2. The van der Waals surface area contributed by atoms with Crippen LogP contribution in [0.5, 0.6) is 0 Å². The molecule has 0 saturated heterocycles. The number of aromatic nitrogens is 1. The Balaban J connectivity index is 1.71. The number of halogens is 2. The molecule has 32 heavy (non-hydrogen) atoms. The van der Waals surface area contributed by atoms with Crippen LogP contribution in [-0.2, 0) is 10.0 Å². The van der Waals surface area contributed by atoms with Crippen molar-refractivity contribution in [2.24, 2.45) is 0 Å². The van der Waals surface area contributed by atoms with Crippen molar-refractivity contribution in [1.82, 2.24) is 4.98 Å². The number of benzene rings is 3. The van der Waals surface area contributed by atoms with E-state index in [0.717, 1.165) is 10.2 Å². The molecule has 0 saturated carbocycles. The SMILES string of the molecule is CCN(c1ccccc1)S(=O)(=O)c1cc(C(=O)Nc2nc3ccccc3s2)c(Cl)cc1Cl. The summed E-state index contributed by atoms with van der Waals surface area (Å²) in [5.74, 6) is -0.579. The first-order valence-corrected chi connectivity index (χ1v) is 12.6.